The van der Waals surface area contributed by atoms with Crippen LogP contribution < -0.4 is 0 Å². The number of fused-ring (bicyclic) bond motifs is 1. The van der Waals surface area contributed by atoms with Crippen molar-refractivity contribution in [3.63, 3.8) is 0 Å². The number of aliphatic carboxylic acids is 1. The molecule has 110 valence electrons. The van der Waals surface area contributed by atoms with Gasteiger partial charge in [0.15, 0.2) is 11.6 Å². The molecule has 2 saturated carbocycles. The fourth-order valence-corrected chi connectivity index (χ4v) is 4.51. The number of carboxylic acids is 1. The Bertz CT molecular complexity index is 540. The van der Waals surface area contributed by atoms with Crippen LogP contribution in [0.4, 0.5) is 0 Å². The van der Waals surface area contributed by atoms with E-state index in [1.54, 1.807) is 6.26 Å². The lowest BCUT2D eigenvalue weighted by Gasteiger charge is -2.24. The van der Waals surface area contributed by atoms with Crippen LogP contribution in [0.3, 0.4) is 0 Å². The summed E-state index contributed by atoms with van der Waals surface area (Å²) in [5, 5.41) is 19.6. The van der Waals surface area contributed by atoms with Gasteiger partial charge in [-0.05, 0) is 12.7 Å². The number of rotatable bonds is 3. The molecular weight excluding hydrogens is 286 g/mol. The van der Waals surface area contributed by atoms with E-state index >= 15 is 0 Å². The minimum Gasteiger partial charge on any atom is -0.481 e. The van der Waals surface area contributed by atoms with Crippen LogP contribution in [-0.2, 0) is 14.4 Å². The summed E-state index contributed by atoms with van der Waals surface area (Å²) < 4.78 is 0. The summed E-state index contributed by atoms with van der Waals surface area (Å²) in [5.74, 6) is -3.04. The van der Waals surface area contributed by atoms with Crippen LogP contribution in [0.25, 0.3) is 0 Å². The summed E-state index contributed by atoms with van der Waals surface area (Å²) in [4.78, 5) is 45.7. The summed E-state index contributed by atoms with van der Waals surface area (Å²) in [6.07, 6.45) is 2.31. The van der Waals surface area contributed by atoms with Crippen LogP contribution >= 0.6 is 10.5 Å². The van der Waals surface area contributed by atoms with Gasteiger partial charge in [-0.15, -0.1) is 0 Å². The highest BCUT2D eigenvalue weighted by atomic mass is 32.2. The predicted molar refractivity (Wildman–Crippen MR) is 72.7 cm³/mol. The third kappa shape index (κ3) is 2.52. The van der Waals surface area contributed by atoms with E-state index in [-0.39, 0.29) is 28.6 Å². The summed E-state index contributed by atoms with van der Waals surface area (Å²) in [6, 6.07) is -0.773. The van der Waals surface area contributed by atoms with Gasteiger partial charge in [0.1, 0.15) is 0 Å². The van der Waals surface area contributed by atoms with Crippen LogP contribution in [0.1, 0.15) is 19.3 Å². The van der Waals surface area contributed by atoms with Crippen molar-refractivity contribution in [1.29, 1.82) is 0 Å². The molecule has 0 amide bonds. The average molecular weight is 301 g/mol. The number of carboxylic acid groups (broad SMARTS) is 1. The molecule has 2 aliphatic rings. The second kappa shape index (κ2) is 5.43. The molecule has 7 nitrogen and oxygen atoms in total. The Balaban J connectivity index is 2.29. The van der Waals surface area contributed by atoms with Crippen molar-refractivity contribution in [1.82, 2.24) is 0 Å². The standard InChI is InChI=1S/C12H15NO6S/c1-20(5-9(14)15)12-10(16)7-3-2-6(13(18)19)4-8(7)11(12)17/h6-8H,2-5H2,1H3,(H,14,15). The Morgan fingerprint density at radius 1 is 1.35 bits per heavy atom. The summed E-state index contributed by atoms with van der Waals surface area (Å²) >= 11 is 0. The van der Waals surface area contributed by atoms with E-state index in [0.717, 1.165) is 0 Å². The number of hydrogen-bond acceptors (Lipinski definition) is 5. The molecule has 1 N–H and O–H groups in total. The molecule has 0 spiro atoms. The van der Waals surface area contributed by atoms with Gasteiger partial charge >= 0.3 is 5.97 Å². The van der Waals surface area contributed by atoms with E-state index < -0.39 is 39.3 Å². The fraction of sp³-hybridized carbons (Fsp3) is 0.667. The third-order valence-corrected chi connectivity index (χ3v) is 5.71. The van der Waals surface area contributed by atoms with Crippen molar-refractivity contribution < 1.29 is 24.4 Å². The maximum atomic E-state index is 12.3. The summed E-state index contributed by atoms with van der Waals surface area (Å²) in [7, 11) is -0.926. The van der Waals surface area contributed by atoms with Gasteiger partial charge in [-0.2, -0.15) is 10.5 Å². The first-order valence-corrected chi connectivity index (χ1v) is 8.06. The van der Waals surface area contributed by atoms with E-state index in [2.05, 4.69) is 0 Å². The molecule has 2 rings (SSSR count). The molecule has 8 heteroatoms. The van der Waals surface area contributed by atoms with Gasteiger partial charge in [0.2, 0.25) is 6.04 Å². The Morgan fingerprint density at radius 3 is 2.50 bits per heavy atom. The summed E-state index contributed by atoms with van der Waals surface area (Å²) in [5.41, 5.74) is 0. The lowest BCUT2D eigenvalue weighted by molar-refractivity contribution is -0.527. The fourth-order valence-electron chi connectivity index (χ4n) is 3.00. The number of Topliss-reactive ketones (excluding diaryl/α,β-unsaturated/α-hetero) is 2. The minimum absolute atomic E-state index is 0.0754. The third-order valence-electron chi connectivity index (χ3n) is 3.93. The molecule has 0 aromatic heterocycles. The van der Waals surface area contributed by atoms with E-state index in [4.69, 9.17) is 5.11 Å². The van der Waals surface area contributed by atoms with Crippen LogP contribution in [0, 0.1) is 22.0 Å². The Kier molecular flexibility index (Phi) is 4.03. The second-order valence-electron chi connectivity index (χ2n) is 5.20. The van der Waals surface area contributed by atoms with Gasteiger partial charge in [-0.25, -0.2) is 0 Å². The molecule has 2 fully saturated rings. The first-order chi connectivity index (χ1) is 9.32. The Hall–Kier alpha value is -1.57. The largest absolute Gasteiger partial charge is 0.481 e. The number of hydrogen-bond donors (Lipinski definition) is 1. The molecular formula is C12H15NO6S. The van der Waals surface area contributed by atoms with Crippen LogP contribution in [0.2, 0.25) is 0 Å². The Labute approximate surface area is 117 Å². The maximum Gasteiger partial charge on any atom is 0.312 e. The zero-order valence-corrected chi connectivity index (χ0v) is 11.7. The van der Waals surface area contributed by atoms with Crippen molar-refractivity contribution in [2.45, 2.75) is 25.3 Å². The van der Waals surface area contributed by atoms with Crippen LogP contribution in [0.5, 0.6) is 0 Å². The number of nitrogens with zero attached hydrogens (tertiary/aromatic N) is 1. The molecule has 2 aliphatic carbocycles. The zero-order chi connectivity index (χ0) is 15.0. The van der Waals surface area contributed by atoms with Crippen molar-refractivity contribution in [2.24, 2.45) is 11.8 Å². The lowest BCUT2D eigenvalue weighted by Crippen LogP contribution is -2.34. The predicted octanol–water partition coefficient (Wildman–Crippen LogP) is 0.355. The molecule has 4 atom stereocenters. The molecule has 20 heavy (non-hydrogen) atoms. The highest BCUT2D eigenvalue weighted by molar-refractivity contribution is 8.18. The normalized spacial score (nSPS) is 32.9. The molecule has 0 saturated heterocycles. The number of carbonyl (C=O) groups is 3. The first-order valence-electron chi connectivity index (χ1n) is 6.26. The number of nitro groups is 1. The summed E-state index contributed by atoms with van der Waals surface area (Å²) in [6.45, 7) is 0. The van der Waals surface area contributed by atoms with Crippen LogP contribution in [0.15, 0.2) is 0 Å². The van der Waals surface area contributed by atoms with Gasteiger partial charge in [0.25, 0.3) is 0 Å². The van der Waals surface area contributed by atoms with E-state index in [1.165, 1.54) is 0 Å². The van der Waals surface area contributed by atoms with Gasteiger partial charge in [0, 0.05) is 29.6 Å². The highest BCUT2D eigenvalue weighted by Gasteiger charge is 2.51. The minimum atomic E-state index is -1.05. The van der Waals surface area contributed by atoms with E-state index in [1.807, 2.05) is 0 Å². The van der Waals surface area contributed by atoms with Crippen molar-refractivity contribution in [3.8, 4) is 0 Å². The smallest absolute Gasteiger partial charge is 0.312 e. The molecule has 0 aromatic carbocycles. The van der Waals surface area contributed by atoms with Gasteiger partial charge < -0.3 is 5.11 Å². The monoisotopic (exact) mass is 301 g/mol. The van der Waals surface area contributed by atoms with Crippen LogP contribution in [-0.4, -0.2) is 50.5 Å². The molecule has 0 radical (unpaired) electrons. The molecule has 0 aromatic rings. The van der Waals surface area contributed by atoms with Crippen molar-refractivity contribution >= 4 is 32.9 Å². The van der Waals surface area contributed by atoms with Gasteiger partial charge in [0.05, 0.1) is 10.6 Å². The molecule has 0 aliphatic heterocycles. The topological polar surface area (TPSA) is 115 Å². The average Bonchev–Trinajstić information content (AvgIpc) is 2.60. The number of ketones is 2. The molecule has 0 bridgehead atoms. The van der Waals surface area contributed by atoms with Crippen molar-refractivity contribution in [3.05, 3.63) is 10.1 Å². The van der Waals surface area contributed by atoms with Gasteiger partial charge in [-0.3, -0.25) is 24.5 Å². The lowest BCUT2D eigenvalue weighted by atomic mass is 9.79. The zero-order valence-electron chi connectivity index (χ0n) is 10.9. The molecule has 4 unspecified atom stereocenters. The second-order valence-corrected chi connectivity index (χ2v) is 7.17. The van der Waals surface area contributed by atoms with E-state index in [0.29, 0.717) is 12.8 Å². The Morgan fingerprint density at radius 2 is 1.95 bits per heavy atom. The first kappa shape index (κ1) is 14.8. The number of carbonyl (C=O) groups excluding carboxylic acids is 2. The SMILES string of the molecule is C/S(CC(=O)O)=C1/C(=O)C2CCC([N+](=O)[O-])CC2C1=O. The maximum absolute atomic E-state index is 12.3. The quantitative estimate of drug-likeness (QED) is 0.457. The van der Waals surface area contributed by atoms with Crippen molar-refractivity contribution in [2.75, 3.05) is 12.0 Å². The van der Waals surface area contributed by atoms with E-state index in [9.17, 15) is 24.5 Å². The van der Waals surface area contributed by atoms with Gasteiger partial charge in [-0.1, -0.05) is 0 Å². The molecule has 0 heterocycles. The highest BCUT2D eigenvalue weighted by Crippen LogP contribution is 2.39.